The van der Waals surface area contributed by atoms with E-state index in [1.165, 1.54) is 17.9 Å². The maximum absolute atomic E-state index is 13.1. The predicted octanol–water partition coefficient (Wildman–Crippen LogP) is 3.24. The Bertz CT molecular complexity index is 1100. The Morgan fingerprint density at radius 2 is 1.90 bits per heavy atom. The number of carbonyl (C=O) groups excluding carboxylic acids is 2. The number of rotatable bonds is 7. The van der Waals surface area contributed by atoms with E-state index in [0.717, 1.165) is 16.9 Å². The van der Waals surface area contributed by atoms with Crippen LogP contribution in [0.4, 0.5) is 5.69 Å². The third-order valence-electron chi connectivity index (χ3n) is 5.24. The highest BCUT2D eigenvalue weighted by Gasteiger charge is 2.35. The zero-order valence-corrected chi connectivity index (χ0v) is 20.0. The summed E-state index contributed by atoms with van der Waals surface area (Å²) in [6.45, 7) is 3.61. The number of nitrogens with one attached hydrogen (secondary N) is 1. The molecule has 31 heavy (non-hydrogen) atoms. The van der Waals surface area contributed by atoms with Gasteiger partial charge in [-0.1, -0.05) is 28.1 Å². The maximum Gasteiger partial charge on any atom is 0.224 e. The Kier molecular flexibility index (Phi) is 7.06. The summed E-state index contributed by atoms with van der Waals surface area (Å²) in [7, 11) is -2.21. The molecule has 2 amide bonds. The Hall–Kier alpha value is -2.39. The molecular weight excluding hydrogens is 484 g/mol. The van der Waals surface area contributed by atoms with E-state index in [1.807, 2.05) is 25.1 Å². The number of carbonyl (C=O) groups is 2. The average molecular weight is 509 g/mol. The van der Waals surface area contributed by atoms with E-state index >= 15 is 0 Å². The Balaban J connectivity index is 1.71. The Morgan fingerprint density at radius 3 is 2.52 bits per heavy atom. The van der Waals surface area contributed by atoms with Crippen LogP contribution in [0.2, 0.25) is 0 Å². The number of hydrogen-bond donors (Lipinski definition) is 1. The van der Waals surface area contributed by atoms with Crippen molar-refractivity contribution in [1.29, 1.82) is 0 Å². The van der Waals surface area contributed by atoms with Crippen molar-refractivity contribution in [2.45, 2.75) is 44.2 Å². The van der Waals surface area contributed by atoms with Gasteiger partial charge in [-0.3, -0.25) is 9.59 Å². The molecule has 1 atom stereocenters. The summed E-state index contributed by atoms with van der Waals surface area (Å²) >= 11 is 3.37. The highest BCUT2D eigenvalue weighted by Crippen LogP contribution is 2.40. The third kappa shape index (κ3) is 5.27. The van der Waals surface area contributed by atoms with Crippen LogP contribution in [0.1, 0.15) is 31.4 Å². The normalized spacial score (nSPS) is 15.5. The maximum atomic E-state index is 13.1. The molecule has 0 fully saturated rings. The number of amides is 2. The van der Waals surface area contributed by atoms with Gasteiger partial charge in [-0.15, -0.1) is 0 Å². The first-order valence-electron chi connectivity index (χ1n) is 9.87. The molecule has 0 spiro atoms. The topological polar surface area (TPSA) is 92.8 Å². The van der Waals surface area contributed by atoms with Crippen LogP contribution in [0.25, 0.3) is 0 Å². The molecule has 9 heteroatoms. The standard InChI is InChI=1S/C22H25BrN2O5S/c1-14-10-17-11-18(23)12-20(22(17)25(14)15(2)26)31(28,29)9-8-21(27)24-13-16-4-6-19(30-3)7-5-16/h4-7,11-12,14H,8-10,13H2,1-3H3,(H,24,27)/t14-/m0/s1. The first-order valence-corrected chi connectivity index (χ1v) is 12.3. The van der Waals surface area contributed by atoms with Gasteiger partial charge in [0.2, 0.25) is 11.8 Å². The van der Waals surface area contributed by atoms with Crippen LogP contribution in [0.5, 0.6) is 5.75 Å². The van der Waals surface area contributed by atoms with Crippen LogP contribution in [-0.4, -0.2) is 39.1 Å². The summed E-state index contributed by atoms with van der Waals surface area (Å²) < 4.78 is 32.0. The van der Waals surface area contributed by atoms with Gasteiger partial charge in [-0.25, -0.2) is 8.42 Å². The number of fused-ring (bicyclic) bond motifs is 1. The zero-order valence-electron chi connectivity index (χ0n) is 17.6. The van der Waals surface area contributed by atoms with Gasteiger partial charge in [0.15, 0.2) is 9.84 Å². The largest absolute Gasteiger partial charge is 0.497 e. The highest BCUT2D eigenvalue weighted by molar-refractivity contribution is 9.10. The third-order valence-corrected chi connectivity index (χ3v) is 7.42. The molecule has 0 unspecified atom stereocenters. The fourth-order valence-electron chi connectivity index (χ4n) is 3.76. The fourth-order valence-corrected chi connectivity index (χ4v) is 5.92. The molecular formula is C22H25BrN2O5S. The van der Waals surface area contributed by atoms with Crippen molar-refractivity contribution in [1.82, 2.24) is 5.32 Å². The van der Waals surface area contributed by atoms with Gasteiger partial charge in [0.05, 0.1) is 23.4 Å². The summed E-state index contributed by atoms with van der Waals surface area (Å²) in [5, 5.41) is 2.74. The van der Waals surface area contributed by atoms with Gasteiger partial charge in [0, 0.05) is 30.4 Å². The van der Waals surface area contributed by atoms with Gasteiger partial charge in [-0.2, -0.15) is 0 Å². The molecule has 1 aliphatic rings. The smallest absolute Gasteiger partial charge is 0.224 e. The SMILES string of the molecule is COc1ccc(CNC(=O)CCS(=O)(=O)c2cc(Br)cc3c2N(C(C)=O)[C@@H](C)C3)cc1. The molecule has 0 radical (unpaired) electrons. The number of benzene rings is 2. The molecule has 7 nitrogen and oxygen atoms in total. The number of methoxy groups -OCH3 is 1. The van der Waals surface area contributed by atoms with Gasteiger partial charge in [0.1, 0.15) is 5.75 Å². The van der Waals surface area contributed by atoms with E-state index in [-0.39, 0.29) is 34.9 Å². The van der Waals surface area contributed by atoms with Gasteiger partial charge < -0.3 is 15.0 Å². The highest BCUT2D eigenvalue weighted by atomic mass is 79.9. The molecule has 0 saturated heterocycles. The summed E-state index contributed by atoms with van der Waals surface area (Å²) in [6.07, 6.45) is 0.411. The number of sulfone groups is 1. The first kappa shape index (κ1) is 23.3. The van der Waals surface area contributed by atoms with E-state index in [2.05, 4.69) is 21.2 Å². The zero-order chi connectivity index (χ0) is 22.8. The van der Waals surface area contributed by atoms with Crippen molar-refractivity contribution in [3.63, 3.8) is 0 Å². The summed E-state index contributed by atoms with van der Waals surface area (Å²) in [5.41, 5.74) is 2.12. The Labute approximate surface area is 190 Å². The lowest BCUT2D eigenvalue weighted by atomic mass is 10.1. The van der Waals surface area contributed by atoms with Crippen LogP contribution in [-0.2, 0) is 32.4 Å². The molecule has 1 heterocycles. The Morgan fingerprint density at radius 1 is 1.23 bits per heavy atom. The molecule has 1 aliphatic heterocycles. The second-order valence-electron chi connectivity index (χ2n) is 7.55. The number of hydrogen-bond acceptors (Lipinski definition) is 5. The van der Waals surface area contributed by atoms with Crippen LogP contribution < -0.4 is 15.0 Å². The molecule has 0 aliphatic carbocycles. The van der Waals surface area contributed by atoms with Crippen molar-refractivity contribution < 1.29 is 22.7 Å². The molecule has 2 aromatic carbocycles. The van der Waals surface area contributed by atoms with Crippen LogP contribution in [0.3, 0.4) is 0 Å². The lowest BCUT2D eigenvalue weighted by molar-refractivity contribution is -0.121. The second-order valence-corrected chi connectivity index (χ2v) is 10.5. The lowest BCUT2D eigenvalue weighted by Crippen LogP contribution is -2.34. The molecule has 0 aromatic heterocycles. The number of anilines is 1. The van der Waals surface area contributed by atoms with Crippen molar-refractivity contribution in [2.24, 2.45) is 0 Å². The molecule has 2 aromatic rings. The van der Waals surface area contributed by atoms with E-state index < -0.39 is 9.84 Å². The van der Waals surface area contributed by atoms with Gasteiger partial charge in [0.25, 0.3) is 0 Å². The van der Waals surface area contributed by atoms with Crippen molar-refractivity contribution in [3.8, 4) is 5.75 Å². The summed E-state index contributed by atoms with van der Waals surface area (Å²) in [4.78, 5) is 26.0. The molecule has 3 rings (SSSR count). The minimum atomic E-state index is -3.79. The van der Waals surface area contributed by atoms with Crippen LogP contribution >= 0.6 is 15.9 Å². The summed E-state index contributed by atoms with van der Waals surface area (Å²) in [6, 6.07) is 10.5. The van der Waals surface area contributed by atoms with Crippen molar-refractivity contribution >= 4 is 43.3 Å². The first-order chi connectivity index (χ1) is 14.6. The van der Waals surface area contributed by atoms with E-state index in [0.29, 0.717) is 23.1 Å². The van der Waals surface area contributed by atoms with Crippen LogP contribution in [0.15, 0.2) is 45.8 Å². The minimum Gasteiger partial charge on any atom is -0.497 e. The molecule has 0 bridgehead atoms. The lowest BCUT2D eigenvalue weighted by Gasteiger charge is -2.23. The van der Waals surface area contributed by atoms with E-state index in [1.54, 1.807) is 19.2 Å². The quantitative estimate of drug-likeness (QED) is 0.619. The van der Waals surface area contributed by atoms with Crippen molar-refractivity contribution in [2.75, 3.05) is 17.8 Å². The predicted molar refractivity (Wildman–Crippen MR) is 122 cm³/mol. The van der Waals surface area contributed by atoms with Crippen molar-refractivity contribution in [3.05, 3.63) is 52.0 Å². The molecule has 166 valence electrons. The molecule has 0 saturated carbocycles. The van der Waals surface area contributed by atoms with E-state index in [4.69, 9.17) is 4.74 Å². The monoisotopic (exact) mass is 508 g/mol. The average Bonchev–Trinajstić information content (AvgIpc) is 3.06. The second kappa shape index (κ2) is 9.40. The van der Waals surface area contributed by atoms with Gasteiger partial charge >= 0.3 is 0 Å². The van der Waals surface area contributed by atoms with Crippen LogP contribution in [0, 0.1) is 0 Å². The van der Waals surface area contributed by atoms with E-state index in [9.17, 15) is 18.0 Å². The molecule has 1 N–H and O–H groups in total. The minimum absolute atomic E-state index is 0.0828. The number of nitrogens with zero attached hydrogens (tertiary/aromatic N) is 1. The number of ether oxygens (including phenoxy) is 1. The summed E-state index contributed by atoms with van der Waals surface area (Å²) in [5.74, 6) is -0.188. The fraction of sp³-hybridized carbons (Fsp3) is 0.364. The number of halogens is 1. The van der Waals surface area contributed by atoms with Gasteiger partial charge in [-0.05, 0) is 48.7 Å².